The Morgan fingerprint density at radius 3 is 2.35 bits per heavy atom. The fourth-order valence-corrected chi connectivity index (χ4v) is 2.66. The average molecular weight is 357 g/mol. The summed E-state index contributed by atoms with van der Waals surface area (Å²) in [6.07, 6.45) is -0.616. The molecule has 0 fully saturated rings. The molecule has 2 rings (SSSR count). The molecule has 2 atom stereocenters. The van der Waals surface area contributed by atoms with Crippen molar-refractivity contribution >= 4 is 5.91 Å². The summed E-state index contributed by atoms with van der Waals surface area (Å²) in [6.45, 7) is 7.60. The Morgan fingerprint density at radius 2 is 1.69 bits per heavy atom. The van der Waals surface area contributed by atoms with E-state index in [-0.39, 0.29) is 11.9 Å². The monoisotopic (exact) mass is 357 g/mol. The molecule has 0 spiro atoms. The maximum Gasteiger partial charge on any atom is 0.261 e. The number of methoxy groups -OCH3 is 2. The van der Waals surface area contributed by atoms with Crippen molar-refractivity contribution in [3.8, 4) is 17.2 Å². The lowest BCUT2D eigenvalue weighted by molar-refractivity contribution is -0.127. The third-order valence-electron chi connectivity index (χ3n) is 4.28. The lowest BCUT2D eigenvalue weighted by Gasteiger charge is -2.21. The predicted octanol–water partition coefficient (Wildman–Crippen LogP) is 3.97. The Hall–Kier alpha value is -2.69. The van der Waals surface area contributed by atoms with Gasteiger partial charge in [0.1, 0.15) is 17.2 Å². The normalized spacial score (nSPS) is 12.8. The number of nitrogens with one attached hydrogen (secondary N) is 1. The standard InChI is InChI=1S/C21H27NO4/c1-13-7-8-14(2)20(11-13)26-16(4)21(23)22-15(3)18-12-17(24-5)9-10-19(18)25-6/h7-12,15-16H,1-6H3,(H,22,23)/t15-,16-/m1/s1. The van der Waals surface area contributed by atoms with E-state index in [9.17, 15) is 4.79 Å². The minimum Gasteiger partial charge on any atom is -0.497 e. The number of hydrogen-bond acceptors (Lipinski definition) is 4. The molecule has 0 aliphatic heterocycles. The summed E-state index contributed by atoms with van der Waals surface area (Å²) in [5.41, 5.74) is 2.93. The largest absolute Gasteiger partial charge is 0.497 e. The maximum atomic E-state index is 12.6. The van der Waals surface area contributed by atoms with Crippen LogP contribution in [0.4, 0.5) is 0 Å². The second kappa shape index (κ2) is 8.61. The smallest absolute Gasteiger partial charge is 0.261 e. The van der Waals surface area contributed by atoms with E-state index in [1.54, 1.807) is 21.1 Å². The van der Waals surface area contributed by atoms with Crippen LogP contribution >= 0.6 is 0 Å². The summed E-state index contributed by atoms with van der Waals surface area (Å²) in [7, 11) is 3.21. The first-order chi connectivity index (χ1) is 12.3. The zero-order valence-electron chi connectivity index (χ0n) is 16.3. The molecule has 0 unspecified atom stereocenters. The van der Waals surface area contributed by atoms with E-state index >= 15 is 0 Å². The lowest BCUT2D eigenvalue weighted by atomic mass is 10.1. The van der Waals surface area contributed by atoms with Gasteiger partial charge in [0.05, 0.1) is 20.3 Å². The van der Waals surface area contributed by atoms with Gasteiger partial charge < -0.3 is 19.5 Å². The molecular formula is C21H27NO4. The highest BCUT2D eigenvalue weighted by atomic mass is 16.5. The summed E-state index contributed by atoms with van der Waals surface area (Å²) in [4.78, 5) is 12.6. The fourth-order valence-electron chi connectivity index (χ4n) is 2.66. The molecule has 0 radical (unpaired) electrons. The molecule has 0 bridgehead atoms. The van der Waals surface area contributed by atoms with Crippen molar-refractivity contribution in [2.75, 3.05) is 14.2 Å². The summed E-state index contributed by atoms with van der Waals surface area (Å²) in [5.74, 6) is 1.94. The predicted molar refractivity (Wildman–Crippen MR) is 102 cm³/mol. The highest BCUT2D eigenvalue weighted by molar-refractivity contribution is 5.81. The third kappa shape index (κ3) is 4.69. The number of benzene rings is 2. The Morgan fingerprint density at radius 1 is 0.962 bits per heavy atom. The first-order valence-corrected chi connectivity index (χ1v) is 8.62. The molecule has 0 saturated heterocycles. The SMILES string of the molecule is COc1ccc(OC)c([C@@H](C)NC(=O)[C@@H](C)Oc2cc(C)ccc2C)c1. The van der Waals surface area contributed by atoms with E-state index in [4.69, 9.17) is 14.2 Å². The van der Waals surface area contributed by atoms with E-state index in [1.807, 2.05) is 57.2 Å². The molecule has 0 aliphatic carbocycles. The number of rotatable bonds is 7. The summed E-state index contributed by atoms with van der Waals surface area (Å²) in [5, 5.41) is 2.98. The second-order valence-corrected chi connectivity index (χ2v) is 6.37. The summed E-state index contributed by atoms with van der Waals surface area (Å²) < 4.78 is 16.5. The van der Waals surface area contributed by atoms with Gasteiger partial charge >= 0.3 is 0 Å². The molecule has 0 aromatic heterocycles. The Labute approximate surface area is 155 Å². The van der Waals surface area contributed by atoms with Gasteiger partial charge in [0.15, 0.2) is 6.10 Å². The quantitative estimate of drug-likeness (QED) is 0.815. The topological polar surface area (TPSA) is 56.8 Å². The molecule has 140 valence electrons. The molecule has 5 nitrogen and oxygen atoms in total. The van der Waals surface area contributed by atoms with Gasteiger partial charge in [-0.2, -0.15) is 0 Å². The van der Waals surface area contributed by atoms with Crippen LogP contribution in [0.25, 0.3) is 0 Å². The number of amides is 1. The van der Waals surface area contributed by atoms with Crippen molar-refractivity contribution in [2.24, 2.45) is 0 Å². The number of ether oxygens (including phenoxy) is 3. The lowest BCUT2D eigenvalue weighted by Crippen LogP contribution is -2.38. The third-order valence-corrected chi connectivity index (χ3v) is 4.28. The van der Waals surface area contributed by atoms with Crippen molar-refractivity contribution < 1.29 is 19.0 Å². The van der Waals surface area contributed by atoms with E-state index in [0.717, 1.165) is 22.4 Å². The van der Waals surface area contributed by atoms with Crippen LogP contribution in [0.1, 0.15) is 36.6 Å². The highest BCUT2D eigenvalue weighted by Gasteiger charge is 2.20. The van der Waals surface area contributed by atoms with E-state index in [0.29, 0.717) is 11.5 Å². The van der Waals surface area contributed by atoms with Gasteiger partial charge in [-0.1, -0.05) is 12.1 Å². The minimum absolute atomic E-state index is 0.191. The van der Waals surface area contributed by atoms with Gasteiger partial charge in [0.2, 0.25) is 0 Å². The maximum absolute atomic E-state index is 12.6. The first kappa shape index (κ1) is 19.6. The molecule has 2 aromatic carbocycles. The average Bonchev–Trinajstić information content (AvgIpc) is 2.63. The Bertz CT molecular complexity index is 773. The van der Waals surface area contributed by atoms with Crippen LogP contribution in [-0.4, -0.2) is 26.2 Å². The number of carbonyl (C=O) groups is 1. The molecule has 0 heterocycles. The van der Waals surface area contributed by atoms with Crippen LogP contribution in [-0.2, 0) is 4.79 Å². The molecule has 0 saturated carbocycles. The second-order valence-electron chi connectivity index (χ2n) is 6.37. The zero-order chi connectivity index (χ0) is 19.3. The van der Waals surface area contributed by atoms with Crippen LogP contribution in [0.15, 0.2) is 36.4 Å². The van der Waals surface area contributed by atoms with Crippen LogP contribution in [0.2, 0.25) is 0 Å². The molecule has 2 aromatic rings. The molecule has 26 heavy (non-hydrogen) atoms. The Balaban J connectivity index is 2.10. The van der Waals surface area contributed by atoms with Gasteiger partial charge in [0, 0.05) is 5.56 Å². The molecule has 1 amide bonds. The minimum atomic E-state index is -0.616. The van der Waals surface area contributed by atoms with E-state index < -0.39 is 6.10 Å². The molecular weight excluding hydrogens is 330 g/mol. The van der Waals surface area contributed by atoms with Crippen molar-refractivity contribution in [1.82, 2.24) is 5.32 Å². The van der Waals surface area contributed by atoms with Crippen molar-refractivity contribution in [3.63, 3.8) is 0 Å². The van der Waals surface area contributed by atoms with Crippen LogP contribution < -0.4 is 19.5 Å². The number of carbonyl (C=O) groups excluding carboxylic acids is 1. The number of hydrogen-bond donors (Lipinski definition) is 1. The molecule has 0 aliphatic rings. The molecule has 5 heteroatoms. The van der Waals surface area contributed by atoms with Gasteiger partial charge in [-0.3, -0.25) is 4.79 Å². The van der Waals surface area contributed by atoms with Crippen molar-refractivity contribution in [3.05, 3.63) is 53.1 Å². The number of aryl methyl sites for hydroxylation is 2. The van der Waals surface area contributed by atoms with Crippen molar-refractivity contribution in [2.45, 2.75) is 39.8 Å². The van der Waals surface area contributed by atoms with Gasteiger partial charge in [-0.25, -0.2) is 0 Å². The fraction of sp³-hybridized carbons (Fsp3) is 0.381. The van der Waals surface area contributed by atoms with Gasteiger partial charge in [0.25, 0.3) is 5.91 Å². The molecule has 1 N–H and O–H groups in total. The van der Waals surface area contributed by atoms with Crippen LogP contribution in [0.3, 0.4) is 0 Å². The Kier molecular flexibility index (Phi) is 6.50. The summed E-state index contributed by atoms with van der Waals surface area (Å²) in [6, 6.07) is 11.2. The van der Waals surface area contributed by atoms with Gasteiger partial charge in [-0.15, -0.1) is 0 Å². The van der Waals surface area contributed by atoms with Crippen LogP contribution in [0, 0.1) is 13.8 Å². The first-order valence-electron chi connectivity index (χ1n) is 8.62. The van der Waals surface area contributed by atoms with Gasteiger partial charge in [-0.05, 0) is 63.1 Å². The zero-order valence-corrected chi connectivity index (χ0v) is 16.3. The van der Waals surface area contributed by atoms with Crippen molar-refractivity contribution in [1.29, 1.82) is 0 Å². The highest BCUT2D eigenvalue weighted by Crippen LogP contribution is 2.29. The van der Waals surface area contributed by atoms with E-state index in [2.05, 4.69) is 5.32 Å². The van der Waals surface area contributed by atoms with Crippen LogP contribution in [0.5, 0.6) is 17.2 Å². The summed E-state index contributed by atoms with van der Waals surface area (Å²) >= 11 is 0. The van der Waals surface area contributed by atoms with E-state index in [1.165, 1.54) is 0 Å².